The molecule has 33 heavy (non-hydrogen) atoms. The van der Waals surface area contributed by atoms with Crippen molar-refractivity contribution < 1.29 is 23.7 Å². The van der Waals surface area contributed by atoms with Crippen molar-refractivity contribution in [3.63, 3.8) is 0 Å². The first-order valence-electron chi connectivity index (χ1n) is 10.5. The minimum absolute atomic E-state index is 0.194. The number of piperazine rings is 1. The molecule has 10 nitrogen and oxygen atoms in total. The molecule has 0 radical (unpaired) electrons. The Morgan fingerprint density at radius 1 is 0.848 bits per heavy atom. The maximum absolute atomic E-state index is 12.9. The van der Waals surface area contributed by atoms with Crippen LogP contribution < -0.4 is 29.2 Å². The van der Waals surface area contributed by atoms with E-state index < -0.39 is 0 Å². The van der Waals surface area contributed by atoms with Crippen LogP contribution in [0.1, 0.15) is 0 Å². The molecule has 0 atom stereocenters. The summed E-state index contributed by atoms with van der Waals surface area (Å²) in [5, 5.41) is 3.79. The van der Waals surface area contributed by atoms with Crippen LogP contribution in [0.15, 0.2) is 36.7 Å². The third-order valence-corrected chi connectivity index (χ3v) is 5.63. The second kappa shape index (κ2) is 9.68. The number of nitrogens with zero attached hydrogens (tertiary/aromatic N) is 4. The van der Waals surface area contributed by atoms with Crippen LogP contribution in [0.2, 0.25) is 0 Å². The number of carbonyl (C=O) groups excluding carboxylic acids is 1. The largest absolute Gasteiger partial charge is 0.497 e. The monoisotopic (exact) mass is 453 g/mol. The van der Waals surface area contributed by atoms with E-state index in [2.05, 4.69) is 20.2 Å². The minimum Gasteiger partial charge on any atom is -0.497 e. The van der Waals surface area contributed by atoms with Crippen LogP contribution in [0.5, 0.6) is 23.0 Å². The molecular weight excluding hydrogens is 426 g/mol. The fourth-order valence-corrected chi connectivity index (χ4v) is 3.85. The third-order valence-electron chi connectivity index (χ3n) is 5.63. The number of carbonyl (C=O) groups is 1. The number of aromatic nitrogens is 2. The minimum atomic E-state index is -0.194. The molecule has 4 rings (SSSR count). The summed E-state index contributed by atoms with van der Waals surface area (Å²) in [7, 11) is 6.33. The van der Waals surface area contributed by atoms with E-state index in [9.17, 15) is 4.79 Å². The summed E-state index contributed by atoms with van der Waals surface area (Å²) in [4.78, 5) is 25.7. The summed E-state index contributed by atoms with van der Waals surface area (Å²) in [6, 6.07) is 8.81. The number of fused-ring (bicyclic) bond motifs is 1. The highest BCUT2D eigenvalue weighted by molar-refractivity contribution is 5.93. The summed E-state index contributed by atoms with van der Waals surface area (Å²) >= 11 is 0. The zero-order valence-electron chi connectivity index (χ0n) is 19.1. The van der Waals surface area contributed by atoms with Gasteiger partial charge in [-0.25, -0.2) is 14.8 Å². The van der Waals surface area contributed by atoms with E-state index in [-0.39, 0.29) is 6.03 Å². The summed E-state index contributed by atoms with van der Waals surface area (Å²) in [5.74, 6) is 3.24. The topological polar surface area (TPSA) is 98.3 Å². The molecule has 0 bridgehead atoms. The van der Waals surface area contributed by atoms with Gasteiger partial charge < -0.3 is 34.1 Å². The molecule has 10 heteroatoms. The normalized spacial score (nSPS) is 13.6. The number of rotatable bonds is 6. The zero-order valence-corrected chi connectivity index (χ0v) is 19.1. The van der Waals surface area contributed by atoms with E-state index in [0.717, 1.165) is 16.7 Å². The summed E-state index contributed by atoms with van der Waals surface area (Å²) in [6.07, 6.45) is 1.54. The van der Waals surface area contributed by atoms with Crippen molar-refractivity contribution in [2.75, 3.05) is 64.8 Å². The van der Waals surface area contributed by atoms with Crippen molar-refractivity contribution in [1.82, 2.24) is 14.9 Å². The third kappa shape index (κ3) is 4.50. The van der Waals surface area contributed by atoms with Gasteiger partial charge in [-0.15, -0.1) is 0 Å². The van der Waals surface area contributed by atoms with Crippen LogP contribution >= 0.6 is 0 Å². The fraction of sp³-hybridized carbons (Fsp3) is 0.348. The van der Waals surface area contributed by atoms with E-state index in [4.69, 9.17) is 18.9 Å². The quantitative estimate of drug-likeness (QED) is 0.608. The molecule has 0 spiro atoms. The van der Waals surface area contributed by atoms with E-state index in [1.54, 1.807) is 51.5 Å². The molecule has 3 aromatic rings. The second-order valence-electron chi connectivity index (χ2n) is 7.39. The van der Waals surface area contributed by atoms with E-state index in [1.165, 1.54) is 6.33 Å². The Labute approximate surface area is 192 Å². The van der Waals surface area contributed by atoms with Gasteiger partial charge in [0.05, 0.1) is 39.6 Å². The molecule has 2 heterocycles. The molecule has 1 aliphatic rings. The molecule has 1 saturated heterocycles. The van der Waals surface area contributed by atoms with Crippen LogP contribution in [0.4, 0.5) is 16.3 Å². The molecule has 0 aliphatic carbocycles. The van der Waals surface area contributed by atoms with Gasteiger partial charge >= 0.3 is 6.03 Å². The molecule has 1 aliphatic heterocycles. The smallest absolute Gasteiger partial charge is 0.322 e. The molecular formula is C23H27N5O5. The van der Waals surface area contributed by atoms with Crippen LogP contribution in [-0.4, -0.2) is 75.5 Å². The Morgan fingerprint density at radius 2 is 1.55 bits per heavy atom. The number of anilines is 2. The summed E-state index contributed by atoms with van der Waals surface area (Å²) in [5.41, 5.74) is 1.33. The highest BCUT2D eigenvalue weighted by Crippen LogP contribution is 2.35. The number of amides is 2. The van der Waals surface area contributed by atoms with Crippen LogP contribution in [0.25, 0.3) is 10.9 Å². The Kier molecular flexibility index (Phi) is 6.53. The predicted octanol–water partition coefficient (Wildman–Crippen LogP) is 3.02. The van der Waals surface area contributed by atoms with Crippen molar-refractivity contribution in [3.05, 3.63) is 36.7 Å². The lowest BCUT2D eigenvalue weighted by atomic mass is 10.2. The van der Waals surface area contributed by atoms with Crippen LogP contribution in [-0.2, 0) is 0 Å². The number of urea groups is 1. The summed E-state index contributed by atoms with van der Waals surface area (Å²) in [6.45, 7) is 2.33. The first-order valence-corrected chi connectivity index (χ1v) is 10.5. The highest BCUT2D eigenvalue weighted by atomic mass is 16.5. The lowest BCUT2D eigenvalue weighted by molar-refractivity contribution is 0.208. The molecule has 2 amide bonds. The number of benzene rings is 2. The molecule has 0 unspecified atom stereocenters. The molecule has 1 fully saturated rings. The van der Waals surface area contributed by atoms with Gasteiger partial charge in [-0.05, 0) is 18.2 Å². The molecule has 1 aromatic heterocycles. The SMILES string of the molecule is COc1ccc(OC)c(NC(=O)N2CCN(c3ncnc4cc(OC)c(OC)cc34)CC2)c1. The molecule has 0 saturated carbocycles. The number of nitrogens with one attached hydrogen (secondary N) is 1. The van der Waals surface area contributed by atoms with Gasteiger partial charge in [0.2, 0.25) is 0 Å². The van der Waals surface area contributed by atoms with Crippen molar-refractivity contribution in [2.24, 2.45) is 0 Å². The molecule has 1 N–H and O–H groups in total. The second-order valence-corrected chi connectivity index (χ2v) is 7.39. The van der Waals surface area contributed by atoms with Gasteiger partial charge in [-0.3, -0.25) is 0 Å². The van der Waals surface area contributed by atoms with Gasteiger partial charge in [0.1, 0.15) is 23.6 Å². The average molecular weight is 453 g/mol. The molecule has 174 valence electrons. The lowest BCUT2D eigenvalue weighted by Crippen LogP contribution is -2.50. The van der Waals surface area contributed by atoms with Crippen molar-refractivity contribution >= 4 is 28.4 Å². The van der Waals surface area contributed by atoms with Crippen LogP contribution in [0.3, 0.4) is 0 Å². The van der Waals surface area contributed by atoms with Gasteiger partial charge in [0.15, 0.2) is 11.5 Å². The first kappa shape index (κ1) is 22.3. The zero-order chi connectivity index (χ0) is 23.4. The van der Waals surface area contributed by atoms with Gasteiger partial charge in [0, 0.05) is 43.7 Å². The van der Waals surface area contributed by atoms with Crippen molar-refractivity contribution in [3.8, 4) is 23.0 Å². The van der Waals surface area contributed by atoms with Gasteiger partial charge in [-0.2, -0.15) is 0 Å². The number of ether oxygens (including phenoxy) is 4. The Morgan fingerprint density at radius 3 is 2.21 bits per heavy atom. The average Bonchev–Trinajstić information content (AvgIpc) is 2.87. The van der Waals surface area contributed by atoms with E-state index in [0.29, 0.717) is 54.9 Å². The van der Waals surface area contributed by atoms with Crippen LogP contribution in [0, 0.1) is 0 Å². The predicted molar refractivity (Wildman–Crippen MR) is 125 cm³/mol. The highest BCUT2D eigenvalue weighted by Gasteiger charge is 2.24. The Hall–Kier alpha value is -3.95. The van der Waals surface area contributed by atoms with E-state index >= 15 is 0 Å². The van der Waals surface area contributed by atoms with E-state index in [1.807, 2.05) is 12.1 Å². The number of hydrogen-bond acceptors (Lipinski definition) is 8. The van der Waals surface area contributed by atoms with Gasteiger partial charge in [-0.1, -0.05) is 0 Å². The Bertz CT molecular complexity index is 1150. The Balaban J connectivity index is 1.48. The maximum Gasteiger partial charge on any atom is 0.322 e. The molecule has 2 aromatic carbocycles. The maximum atomic E-state index is 12.9. The fourth-order valence-electron chi connectivity index (χ4n) is 3.85. The van der Waals surface area contributed by atoms with Crippen molar-refractivity contribution in [2.45, 2.75) is 0 Å². The number of methoxy groups -OCH3 is 4. The summed E-state index contributed by atoms with van der Waals surface area (Å²) < 4.78 is 21.4. The van der Waals surface area contributed by atoms with Gasteiger partial charge in [0.25, 0.3) is 0 Å². The standard InChI is InChI=1S/C23H27N5O5/c1-30-15-5-6-19(31-2)18(11-15)26-23(29)28-9-7-27(8-10-28)22-16-12-20(32-3)21(33-4)13-17(16)24-14-25-22/h5-6,11-14H,7-10H2,1-4H3,(H,26,29). The number of hydrogen-bond donors (Lipinski definition) is 1. The lowest BCUT2D eigenvalue weighted by Gasteiger charge is -2.35. The van der Waals surface area contributed by atoms with Crippen molar-refractivity contribution in [1.29, 1.82) is 0 Å². The first-order chi connectivity index (χ1) is 16.1.